The maximum absolute atomic E-state index is 13.1. The maximum Gasteiger partial charge on any atom is 0.267 e. The zero-order valence-electron chi connectivity index (χ0n) is 17.9. The third kappa shape index (κ3) is 4.88. The van der Waals surface area contributed by atoms with E-state index in [2.05, 4.69) is 15.0 Å². The molecule has 1 fully saturated rings. The number of amides is 1. The second-order valence-electron chi connectivity index (χ2n) is 8.00. The third-order valence-corrected chi connectivity index (χ3v) is 5.74. The molecule has 0 bridgehead atoms. The molecule has 0 saturated carbocycles. The van der Waals surface area contributed by atoms with E-state index in [-0.39, 0.29) is 11.5 Å². The predicted molar refractivity (Wildman–Crippen MR) is 119 cm³/mol. The Hall–Kier alpha value is -3.32. The topological polar surface area (TPSA) is 71.3 Å². The van der Waals surface area contributed by atoms with E-state index in [0.717, 1.165) is 30.8 Å². The number of aryl methyl sites for hydroxylation is 1. The van der Waals surface area contributed by atoms with Gasteiger partial charge in [0.15, 0.2) is 0 Å². The minimum absolute atomic E-state index is 0.0702. The first-order chi connectivity index (χ1) is 15.0. The van der Waals surface area contributed by atoms with Gasteiger partial charge in [0.05, 0.1) is 5.69 Å². The van der Waals surface area contributed by atoms with Crippen LogP contribution in [0.15, 0.2) is 65.7 Å². The molecule has 0 N–H and O–H groups in total. The lowest BCUT2D eigenvalue weighted by Crippen LogP contribution is -2.50. The molecule has 7 heteroatoms. The fourth-order valence-electron chi connectivity index (χ4n) is 3.82. The number of carbonyl (C=O) groups is 1. The van der Waals surface area contributed by atoms with Crippen LogP contribution in [0, 0.1) is 6.92 Å². The zero-order chi connectivity index (χ0) is 21.8. The van der Waals surface area contributed by atoms with Crippen molar-refractivity contribution >= 4 is 5.91 Å². The van der Waals surface area contributed by atoms with Crippen LogP contribution in [0.25, 0.3) is 11.3 Å². The van der Waals surface area contributed by atoms with Gasteiger partial charge in [0.1, 0.15) is 6.04 Å². The van der Waals surface area contributed by atoms with E-state index in [4.69, 9.17) is 0 Å². The average molecular weight is 418 g/mol. The van der Waals surface area contributed by atoms with Crippen molar-refractivity contribution in [2.75, 3.05) is 26.2 Å². The summed E-state index contributed by atoms with van der Waals surface area (Å²) in [5, 5.41) is 4.50. The van der Waals surface area contributed by atoms with Gasteiger partial charge >= 0.3 is 0 Å². The summed E-state index contributed by atoms with van der Waals surface area (Å²) in [7, 11) is 0. The van der Waals surface area contributed by atoms with Crippen molar-refractivity contribution in [3.05, 3.63) is 82.4 Å². The molecule has 1 unspecified atom stereocenters. The van der Waals surface area contributed by atoms with Crippen LogP contribution in [0.4, 0.5) is 0 Å². The van der Waals surface area contributed by atoms with Crippen molar-refractivity contribution in [1.82, 2.24) is 24.6 Å². The highest BCUT2D eigenvalue weighted by atomic mass is 16.2. The van der Waals surface area contributed by atoms with Crippen LogP contribution in [0.5, 0.6) is 0 Å². The fourth-order valence-corrected chi connectivity index (χ4v) is 3.82. The van der Waals surface area contributed by atoms with E-state index in [9.17, 15) is 9.59 Å². The van der Waals surface area contributed by atoms with Crippen LogP contribution < -0.4 is 5.56 Å². The molecule has 31 heavy (non-hydrogen) atoms. The van der Waals surface area contributed by atoms with Crippen LogP contribution in [0.1, 0.15) is 24.1 Å². The highest BCUT2D eigenvalue weighted by Crippen LogP contribution is 2.18. The number of piperazine rings is 1. The van der Waals surface area contributed by atoms with Gasteiger partial charge in [-0.1, -0.05) is 29.8 Å². The Bertz CT molecular complexity index is 1090. The van der Waals surface area contributed by atoms with E-state index in [1.165, 1.54) is 16.3 Å². The Morgan fingerprint density at radius 3 is 2.32 bits per heavy atom. The van der Waals surface area contributed by atoms with Crippen molar-refractivity contribution in [2.24, 2.45) is 0 Å². The lowest BCUT2D eigenvalue weighted by molar-refractivity contribution is -0.136. The third-order valence-electron chi connectivity index (χ3n) is 5.74. The van der Waals surface area contributed by atoms with Gasteiger partial charge in [-0.05, 0) is 37.6 Å². The lowest BCUT2D eigenvalue weighted by Gasteiger charge is -2.36. The summed E-state index contributed by atoms with van der Waals surface area (Å²) in [5.74, 6) is -0.0702. The summed E-state index contributed by atoms with van der Waals surface area (Å²) in [6, 6.07) is 14.5. The molecule has 4 rings (SSSR count). The summed E-state index contributed by atoms with van der Waals surface area (Å²) >= 11 is 0. The van der Waals surface area contributed by atoms with E-state index in [0.29, 0.717) is 18.8 Å². The number of benzene rings is 1. The van der Waals surface area contributed by atoms with E-state index in [1.54, 1.807) is 25.4 Å². The Morgan fingerprint density at radius 2 is 1.65 bits per heavy atom. The molecule has 160 valence electrons. The summed E-state index contributed by atoms with van der Waals surface area (Å²) in [5.41, 5.74) is 3.70. The van der Waals surface area contributed by atoms with Crippen LogP contribution >= 0.6 is 0 Å². The van der Waals surface area contributed by atoms with Crippen molar-refractivity contribution in [1.29, 1.82) is 0 Å². The number of carbonyl (C=O) groups excluding carboxylic acids is 1. The Balaban J connectivity index is 1.43. The van der Waals surface area contributed by atoms with Gasteiger partial charge in [-0.3, -0.25) is 19.5 Å². The number of hydrogen-bond acceptors (Lipinski definition) is 5. The fraction of sp³-hybridized carbons (Fsp3) is 0.333. The Kier molecular flexibility index (Phi) is 6.23. The standard InChI is InChI=1S/C24H27N5O2/c1-18-3-5-21(6-4-18)22-7-8-23(30)29(26-22)19(2)24(31)28-15-13-27(14-16-28)17-20-9-11-25-12-10-20/h3-12,19H,13-17H2,1-2H3. The highest BCUT2D eigenvalue weighted by Gasteiger charge is 2.27. The van der Waals surface area contributed by atoms with E-state index >= 15 is 0 Å². The molecule has 3 heterocycles. The monoisotopic (exact) mass is 417 g/mol. The number of pyridine rings is 1. The Labute approximate surface area is 182 Å². The summed E-state index contributed by atoms with van der Waals surface area (Å²) in [6.45, 7) is 7.49. The maximum atomic E-state index is 13.1. The quantitative estimate of drug-likeness (QED) is 0.638. The summed E-state index contributed by atoms with van der Waals surface area (Å²) in [6.07, 6.45) is 3.60. The smallest absolute Gasteiger partial charge is 0.267 e. The molecular weight excluding hydrogens is 390 g/mol. The van der Waals surface area contributed by atoms with Crippen molar-refractivity contribution < 1.29 is 4.79 Å². The molecule has 7 nitrogen and oxygen atoms in total. The molecule has 1 atom stereocenters. The van der Waals surface area contributed by atoms with Gasteiger partial charge in [-0.2, -0.15) is 5.10 Å². The molecule has 1 aliphatic rings. The van der Waals surface area contributed by atoms with E-state index in [1.807, 2.05) is 48.2 Å². The van der Waals surface area contributed by atoms with Crippen LogP contribution in [-0.2, 0) is 11.3 Å². The summed E-state index contributed by atoms with van der Waals surface area (Å²) < 4.78 is 1.31. The van der Waals surface area contributed by atoms with Gasteiger partial charge in [0.25, 0.3) is 5.56 Å². The van der Waals surface area contributed by atoms with Gasteiger partial charge in [0.2, 0.25) is 5.91 Å². The molecule has 1 saturated heterocycles. The minimum Gasteiger partial charge on any atom is -0.338 e. The van der Waals surface area contributed by atoms with Gasteiger partial charge in [0, 0.05) is 56.7 Å². The molecule has 1 amide bonds. The van der Waals surface area contributed by atoms with Crippen molar-refractivity contribution in [3.8, 4) is 11.3 Å². The van der Waals surface area contributed by atoms with Crippen molar-refractivity contribution in [2.45, 2.75) is 26.4 Å². The van der Waals surface area contributed by atoms with Crippen molar-refractivity contribution in [3.63, 3.8) is 0 Å². The number of nitrogens with zero attached hydrogens (tertiary/aromatic N) is 5. The first-order valence-electron chi connectivity index (χ1n) is 10.6. The molecule has 0 spiro atoms. The van der Waals surface area contributed by atoms with Crippen LogP contribution in [0.2, 0.25) is 0 Å². The molecule has 3 aromatic rings. The lowest BCUT2D eigenvalue weighted by atomic mass is 10.1. The predicted octanol–water partition coefficient (Wildman–Crippen LogP) is 2.52. The molecule has 1 aromatic carbocycles. The number of aromatic nitrogens is 3. The molecule has 0 radical (unpaired) electrons. The van der Waals surface area contributed by atoms with Gasteiger partial charge in [-0.15, -0.1) is 0 Å². The second-order valence-corrected chi connectivity index (χ2v) is 8.00. The highest BCUT2D eigenvalue weighted by molar-refractivity contribution is 5.80. The van der Waals surface area contributed by atoms with Crippen LogP contribution in [-0.4, -0.2) is 56.7 Å². The number of hydrogen-bond donors (Lipinski definition) is 0. The first-order valence-corrected chi connectivity index (χ1v) is 10.6. The van der Waals surface area contributed by atoms with Gasteiger partial charge < -0.3 is 4.90 Å². The molecule has 2 aromatic heterocycles. The molecular formula is C24H27N5O2. The summed E-state index contributed by atoms with van der Waals surface area (Å²) in [4.78, 5) is 33.8. The first kappa shape index (κ1) is 20.9. The second kappa shape index (κ2) is 9.22. The largest absolute Gasteiger partial charge is 0.338 e. The van der Waals surface area contributed by atoms with Crippen LogP contribution in [0.3, 0.4) is 0 Å². The van der Waals surface area contributed by atoms with E-state index < -0.39 is 6.04 Å². The minimum atomic E-state index is -0.648. The molecule has 1 aliphatic heterocycles. The number of rotatable bonds is 5. The SMILES string of the molecule is Cc1ccc(-c2ccc(=O)n(C(C)C(=O)N3CCN(Cc4ccncc4)CC3)n2)cc1. The van der Waals surface area contributed by atoms with Gasteiger partial charge in [-0.25, -0.2) is 4.68 Å². The Morgan fingerprint density at radius 1 is 0.968 bits per heavy atom. The molecule has 0 aliphatic carbocycles. The zero-order valence-corrected chi connectivity index (χ0v) is 17.9. The normalized spacial score (nSPS) is 15.6. The average Bonchev–Trinajstić information content (AvgIpc) is 2.80.